The van der Waals surface area contributed by atoms with E-state index in [2.05, 4.69) is 4.98 Å². The fourth-order valence-electron chi connectivity index (χ4n) is 4.31. The molecule has 1 fully saturated rings. The van der Waals surface area contributed by atoms with Crippen LogP contribution in [0, 0.1) is 17.7 Å². The number of ether oxygens (including phenoxy) is 2. The van der Waals surface area contributed by atoms with Gasteiger partial charge in [-0.1, -0.05) is 36.4 Å². The van der Waals surface area contributed by atoms with E-state index in [-0.39, 0.29) is 48.1 Å². The number of pyridine rings is 1. The van der Waals surface area contributed by atoms with Gasteiger partial charge in [0.15, 0.2) is 5.78 Å². The maximum absolute atomic E-state index is 14.0. The van der Waals surface area contributed by atoms with Crippen molar-refractivity contribution in [3.05, 3.63) is 83.8 Å². The largest absolute Gasteiger partial charge is 0.461 e. The zero-order valence-electron chi connectivity index (χ0n) is 19.6. The predicted molar refractivity (Wildman–Crippen MR) is 133 cm³/mol. The van der Waals surface area contributed by atoms with Crippen LogP contribution in [-0.4, -0.2) is 23.0 Å². The van der Waals surface area contributed by atoms with Crippen LogP contribution in [0.4, 0.5) is 4.39 Å². The monoisotopic (exact) mass is 493 g/mol. The Hall–Kier alpha value is -3.19. The molecule has 5 nitrogen and oxygen atoms in total. The molecule has 0 spiro atoms. The Kier molecular flexibility index (Phi) is 8.53. The van der Waals surface area contributed by atoms with Gasteiger partial charge < -0.3 is 9.47 Å². The number of aromatic nitrogens is 1. The number of thioether (sulfide) groups is 1. The molecule has 2 aromatic carbocycles. The molecule has 0 saturated heterocycles. The number of hydrogen-bond donors (Lipinski definition) is 0. The molecular weight excluding hydrogens is 465 g/mol. The van der Waals surface area contributed by atoms with Gasteiger partial charge in [-0.15, -0.1) is 11.8 Å². The molecule has 35 heavy (non-hydrogen) atoms. The van der Waals surface area contributed by atoms with Gasteiger partial charge in [-0.05, 0) is 67.7 Å². The van der Waals surface area contributed by atoms with Crippen molar-refractivity contribution in [1.82, 2.24) is 4.98 Å². The molecule has 1 aliphatic rings. The molecule has 0 bridgehead atoms. The van der Waals surface area contributed by atoms with Crippen LogP contribution in [0.2, 0.25) is 0 Å². The summed E-state index contributed by atoms with van der Waals surface area (Å²) in [6, 6.07) is 18.2. The molecule has 0 aliphatic heterocycles. The minimum absolute atomic E-state index is 0.104. The van der Waals surface area contributed by atoms with Crippen molar-refractivity contribution in [3.8, 4) is 11.6 Å². The van der Waals surface area contributed by atoms with E-state index < -0.39 is 5.82 Å². The molecule has 182 valence electrons. The highest BCUT2D eigenvalue weighted by molar-refractivity contribution is 7.98. The summed E-state index contributed by atoms with van der Waals surface area (Å²) in [7, 11) is 0. The molecular formula is C28H28FNO4S. The maximum atomic E-state index is 14.0. The highest BCUT2D eigenvalue weighted by Crippen LogP contribution is 2.34. The minimum Gasteiger partial charge on any atom is -0.461 e. The topological polar surface area (TPSA) is 65.5 Å². The van der Waals surface area contributed by atoms with Gasteiger partial charge in [0.1, 0.15) is 18.2 Å². The Morgan fingerprint density at radius 3 is 2.54 bits per heavy atom. The average Bonchev–Trinajstić information content (AvgIpc) is 2.89. The van der Waals surface area contributed by atoms with Gasteiger partial charge in [-0.3, -0.25) is 9.59 Å². The van der Waals surface area contributed by atoms with Crippen molar-refractivity contribution < 1.29 is 23.5 Å². The third-order valence-electron chi connectivity index (χ3n) is 6.25. The van der Waals surface area contributed by atoms with Crippen molar-refractivity contribution in [2.24, 2.45) is 11.8 Å². The standard InChI is InChI=1S/C28H28FNO4S/c1-35-24-9-5-8-23(16-24)34-27-25(15-22(29)17-30-27)26(31)14-19-10-12-21(13-11-19)28(32)33-18-20-6-3-2-4-7-20/h2-9,15-17,19,21H,10-14,18H2,1H3. The van der Waals surface area contributed by atoms with Crippen molar-refractivity contribution in [3.63, 3.8) is 0 Å². The zero-order valence-corrected chi connectivity index (χ0v) is 20.4. The Morgan fingerprint density at radius 2 is 1.80 bits per heavy atom. The van der Waals surface area contributed by atoms with E-state index in [9.17, 15) is 14.0 Å². The summed E-state index contributed by atoms with van der Waals surface area (Å²) in [5, 5.41) is 0. The first-order valence-corrected chi connectivity index (χ1v) is 13.0. The summed E-state index contributed by atoms with van der Waals surface area (Å²) in [6.07, 6.45) is 6.11. The number of halogens is 1. The van der Waals surface area contributed by atoms with Gasteiger partial charge in [0.2, 0.25) is 5.88 Å². The van der Waals surface area contributed by atoms with Crippen LogP contribution < -0.4 is 4.74 Å². The normalized spacial score (nSPS) is 17.5. The smallest absolute Gasteiger partial charge is 0.309 e. The zero-order chi connectivity index (χ0) is 24.6. The van der Waals surface area contributed by atoms with Crippen molar-refractivity contribution >= 4 is 23.5 Å². The van der Waals surface area contributed by atoms with E-state index in [1.807, 2.05) is 54.8 Å². The number of hydrogen-bond acceptors (Lipinski definition) is 6. The van der Waals surface area contributed by atoms with Crippen LogP contribution in [0.25, 0.3) is 0 Å². The Labute approximate surface area is 209 Å². The number of esters is 1. The van der Waals surface area contributed by atoms with E-state index in [0.717, 1.165) is 29.5 Å². The highest BCUT2D eigenvalue weighted by Gasteiger charge is 2.29. The van der Waals surface area contributed by atoms with Gasteiger partial charge in [0.25, 0.3) is 0 Å². The van der Waals surface area contributed by atoms with Gasteiger partial charge in [0.05, 0.1) is 17.7 Å². The van der Waals surface area contributed by atoms with E-state index >= 15 is 0 Å². The highest BCUT2D eigenvalue weighted by atomic mass is 32.2. The quantitative estimate of drug-likeness (QED) is 0.184. The first kappa shape index (κ1) is 24.9. The van der Waals surface area contributed by atoms with Crippen LogP contribution in [-0.2, 0) is 16.1 Å². The average molecular weight is 494 g/mol. The molecule has 0 N–H and O–H groups in total. The van der Waals surface area contributed by atoms with Crippen LogP contribution >= 0.6 is 11.8 Å². The predicted octanol–water partition coefficient (Wildman–Crippen LogP) is 6.86. The second kappa shape index (κ2) is 12.0. The number of carbonyl (C=O) groups is 2. The molecule has 1 aliphatic carbocycles. The summed E-state index contributed by atoms with van der Waals surface area (Å²) < 4.78 is 25.3. The second-order valence-corrected chi connectivity index (χ2v) is 9.61. The SMILES string of the molecule is CSc1cccc(Oc2ncc(F)cc2C(=O)CC2CCC(C(=O)OCc3ccccc3)CC2)c1. The molecule has 0 radical (unpaired) electrons. The van der Waals surface area contributed by atoms with Gasteiger partial charge in [0, 0.05) is 11.3 Å². The maximum Gasteiger partial charge on any atom is 0.309 e. The lowest BCUT2D eigenvalue weighted by Crippen LogP contribution is -2.25. The van der Waals surface area contributed by atoms with Gasteiger partial charge in [-0.25, -0.2) is 9.37 Å². The number of benzene rings is 2. The number of ketones is 1. The molecule has 3 aromatic rings. The third kappa shape index (κ3) is 6.92. The van der Waals surface area contributed by atoms with Crippen molar-refractivity contribution in [2.75, 3.05) is 6.26 Å². The molecule has 4 rings (SSSR count). The molecule has 1 aromatic heterocycles. The van der Waals surface area contributed by atoms with Crippen LogP contribution in [0.3, 0.4) is 0 Å². The molecule has 0 unspecified atom stereocenters. The molecule has 0 atom stereocenters. The van der Waals surface area contributed by atoms with E-state index in [4.69, 9.17) is 9.47 Å². The third-order valence-corrected chi connectivity index (χ3v) is 6.98. The van der Waals surface area contributed by atoms with Crippen molar-refractivity contribution in [1.29, 1.82) is 0 Å². The molecule has 7 heteroatoms. The summed E-state index contributed by atoms with van der Waals surface area (Å²) in [5.74, 6) is -0.352. The Balaban J connectivity index is 1.33. The molecule has 1 saturated carbocycles. The lowest BCUT2D eigenvalue weighted by atomic mass is 9.79. The number of Topliss-reactive ketones (excluding diaryl/α,β-unsaturated/α-hetero) is 1. The number of nitrogens with zero attached hydrogens (tertiary/aromatic N) is 1. The number of rotatable bonds is 9. The first-order valence-electron chi connectivity index (χ1n) is 11.7. The second-order valence-electron chi connectivity index (χ2n) is 8.73. The fraction of sp³-hybridized carbons (Fsp3) is 0.321. The Morgan fingerprint density at radius 1 is 1.03 bits per heavy atom. The van der Waals surface area contributed by atoms with Gasteiger partial charge >= 0.3 is 5.97 Å². The van der Waals surface area contributed by atoms with E-state index in [1.54, 1.807) is 17.8 Å². The summed E-state index contributed by atoms with van der Waals surface area (Å²) in [5.41, 5.74) is 1.10. The molecule has 0 amide bonds. The summed E-state index contributed by atoms with van der Waals surface area (Å²) in [6.45, 7) is 0.271. The van der Waals surface area contributed by atoms with Gasteiger partial charge in [-0.2, -0.15) is 0 Å². The van der Waals surface area contributed by atoms with E-state index in [0.29, 0.717) is 18.6 Å². The van der Waals surface area contributed by atoms with Crippen LogP contribution in [0.5, 0.6) is 11.6 Å². The number of carbonyl (C=O) groups excluding carboxylic acids is 2. The first-order chi connectivity index (χ1) is 17.0. The van der Waals surface area contributed by atoms with Crippen molar-refractivity contribution in [2.45, 2.75) is 43.6 Å². The Bertz CT molecular complexity index is 1160. The lowest BCUT2D eigenvalue weighted by molar-refractivity contribution is -0.151. The summed E-state index contributed by atoms with van der Waals surface area (Å²) in [4.78, 5) is 30.6. The summed E-state index contributed by atoms with van der Waals surface area (Å²) >= 11 is 1.57. The minimum atomic E-state index is -0.580. The van der Waals surface area contributed by atoms with Crippen LogP contribution in [0.1, 0.15) is 48.0 Å². The molecule has 1 heterocycles. The van der Waals surface area contributed by atoms with E-state index in [1.165, 1.54) is 6.07 Å². The lowest BCUT2D eigenvalue weighted by Gasteiger charge is -2.27. The van der Waals surface area contributed by atoms with Crippen LogP contribution in [0.15, 0.2) is 71.8 Å². The fourth-order valence-corrected chi connectivity index (χ4v) is 4.75.